The average Bonchev–Trinajstić information content (AvgIpc) is 2.38. The zero-order valence-electron chi connectivity index (χ0n) is 11.3. The van der Waals surface area contributed by atoms with Gasteiger partial charge >= 0.3 is 0 Å². The maximum absolute atomic E-state index is 11.7. The second-order valence-corrected chi connectivity index (χ2v) is 4.35. The van der Waals surface area contributed by atoms with Crippen LogP contribution in [-0.4, -0.2) is 31.3 Å². The molecule has 0 saturated heterocycles. The summed E-state index contributed by atoms with van der Waals surface area (Å²) in [4.78, 5) is 11.7. The number of nitrogens with one attached hydrogen (secondary N) is 1. The first-order chi connectivity index (χ1) is 9.15. The summed E-state index contributed by atoms with van der Waals surface area (Å²) in [6.45, 7) is 2.38. The van der Waals surface area contributed by atoms with E-state index in [-0.39, 0.29) is 18.4 Å². The van der Waals surface area contributed by atoms with Crippen LogP contribution in [0.15, 0.2) is 24.3 Å². The zero-order chi connectivity index (χ0) is 14.1. The molecule has 0 spiro atoms. The number of carbonyl (C=O) groups is 1. The highest BCUT2D eigenvalue weighted by Gasteiger charge is 2.08. The van der Waals surface area contributed by atoms with Crippen LogP contribution in [0, 0.1) is 17.8 Å². The number of amides is 1. The number of benzene rings is 1. The molecule has 1 aromatic rings. The first kappa shape index (κ1) is 15.2. The molecular formula is C15H19NO3. The minimum atomic E-state index is -0.157. The van der Waals surface area contributed by atoms with E-state index in [1.54, 1.807) is 31.4 Å². The second-order valence-electron chi connectivity index (χ2n) is 4.35. The van der Waals surface area contributed by atoms with E-state index < -0.39 is 0 Å². The number of anilines is 1. The van der Waals surface area contributed by atoms with Crippen LogP contribution in [-0.2, 0) is 9.53 Å². The quantitative estimate of drug-likeness (QED) is 0.792. The summed E-state index contributed by atoms with van der Waals surface area (Å²) < 4.78 is 4.99. The SMILES string of the molecule is COCC(C)CC(=O)Nc1ccc(C#CCO)cc1. The van der Waals surface area contributed by atoms with Crippen molar-refractivity contribution in [3.63, 3.8) is 0 Å². The van der Waals surface area contributed by atoms with Crippen LogP contribution in [0.5, 0.6) is 0 Å². The minimum absolute atomic E-state index is 0.0289. The van der Waals surface area contributed by atoms with Gasteiger partial charge in [-0.1, -0.05) is 18.8 Å². The number of rotatable bonds is 5. The predicted octanol–water partition coefficient (Wildman–Crippen LogP) is 1.64. The summed E-state index contributed by atoms with van der Waals surface area (Å²) >= 11 is 0. The van der Waals surface area contributed by atoms with Gasteiger partial charge in [0.2, 0.25) is 5.91 Å². The Labute approximate surface area is 113 Å². The third-order valence-electron chi connectivity index (χ3n) is 2.47. The molecular weight excluding hydrogens is 242 g/mol. The molecule has 0 aromatic heterocycles. The Morgan fingerprint density at radius 1 is 1.42 bits per heavy atom. The van der Waals surface area contributed by atoms with E-state index in [4.69, 9.17) is 9.84 Å². The molecule has 19 heavy (non-hydrogen) atoms. The molecule has 1 atom stereocenters. The molecule has 1 rings (SSSR count). The molecule has 0 saturated carbocycles. The smallest absolute Gasteiger partial charge is 0.224 e. The van der Waals surface area contributed by atoms with Gasteiger partial charge in [0, 0.05) is 31.4 Å². The van der Waals surface area contributed by atoms with Gasteiger partial charge < -0.3 is 15.2 Å². The van der Waals surface area contributed by atoms with Crippen LogP contribution < -0.4 is 5.32 Å². The lowest BCUT2D eigenvalue weighted by atomic mass is 10.1. The van der Waals surface area contributed by atoms with Gasteiger partial charge in [-0.15, -0.1) is 0 Å². The molecule has 4 nitrogen and oxygen atoms in total. The summed E-state index contributed by atoms with van der Waals surface area (Å²) in [7, 11) is 1.63. The lowest BCUT2D eigenvalue weighted by Crippen LogP contribution is -2.17. The Hall–Kier alpha value is -1.83. The molecule has 1 aromatic carbocycles. The fourth-order valence-corrected chi connectivity index (χ4v) is 1.65. The van der Waals surface area contributed by atoms with Crippen molar-refractivity contribution in [3.8, 4) is 11.8 Å². The fraction of sp³-hybridized carbons (Fsp3) is 0.400. The van der Waals surface area contributed by atoms with Crippen LogP contribution in [0.2, 0.25) is 0 Å². The number of aliphatic hydroxyl groups is 1. The summed E-state index contributed by atoms with van der Waals surface area (Å²) in [5, 5.41) is 11.4. The highest BCUT2D eigenvalue weighted by molar-refractivity contribution is 5.90. The number of hydrogen-bond donors (Lipinski definition) is 2. The maximum atomic E-state index is 11.7. The number of hydrogen-bond acceptors (Lipinski definition) is 3. The Morgan fingerprint density at radius 2 is 2.11 bits per heavy atom. The topological polar surface area (TPSA) is 58.6 Å². The van der Waals surface area contributed by atoms with Crippen molar-refractivity contribution in [1.82, 2.24) is 0 Å². The molecule has 0 aliphatic rings. The van der Waals surface area contributed by atoms with Crippen LogP contribution >= 0.6 is 0 Å². The van der Waals surface area contributed by atoms with Gasteiger partial charge in [0.25, 0.3) is 0 Å². The van der Waals surface area contributed by atoms with Crippen molar-refractivity contribution in [1.29, 1.82) is 0 Å². The van der Waals surface area contributed by atoms with E-state index in [0.29, 0.717) is 13.0 Å². The van der Waals surface area contributed by atoms with E-state index in [9.17, 15) is 4.79 Å². The predicted molar refractivity (Wildman–Crippen MR) is 74.7 cm³/mol. The van der Waals surface area contributed by atoms with Crippen LogP contribution in [0.1, 0.15) is 18.9 Å². The van der Waals surface area contributed by atoms with E-state index in [2.05, 4.69) is 17.2 Å². The van der Waals surface area contributed by atoms with Crippen molar-refractivity contribution >= 4 is 11.6 Å². The molecule has 0 fully saturated rings. The lowest BCUT2D eigenvalue weighted by Gasteiger charge is -2.10. The van der Waals surface area contributed by atoms with Crippen molar-refractivity contribution < 1.29 is 14.6 Å². The summed E-state index contributed by atoms with van der Waals surface area (Å²) in [5.41, 5.74) is 1.55. The first-order valence-electron chi connectivity index (χ1n) is 6.14. The van der Waals surface area contributed by atoms with Gasteiger partial charge in [-0.3, -0.25) is 4.79 Å². The molecule has 2 N–H and O–H groups in total. The molecule has 1 amide bonds. The standard InChI is InChI=1S/C15H19NO3/c1-12(11-19-2)10-15(18)16-14-7-5-13(6-8-14)4-3-9-17/h5-8,12,17H,9-11H2,1-2H3,(H,16,18). The monoisotopic (exact) mass is 261 g/mol. The van der Waals surface area contributed by atoms with E-state index in [1.807, 2.05) is 6.92 Å². The van der Waals surface area contributed by atoms with Crippen LogP contribution in [0.4, 0.5) is 5.69 Å². The number of aliphatic hydroxyl groups excluding tert-OH is 1. The van der Waals surface area contributed by atoms with Crippen molar-refractivity contribution in [2.45, 2.75) is 13.3 Å². The Morgan fingerprint density at radius 3 is 2.68 bits per heavy atom. The average molecular weight is 261 g/mol. The van der Waals surface area contributed by atoms with Crippen molar-refractivity contribution in [2.75, 3.05) is 25.6 Å². The largest absolute Gasteiger partial charge is 0.384 e. The molecule has 1 unspecified atom stereocenters. The Bertz CT molecular complexity index is 457. The lowest BCUT2D eigenvalue weighted by molar-refractivity contribution is -0.117. The van der Waals surface area contributed by atoms with Gasteiger partial charge in [-0.2, -0.15) is 0 Å². The molecule has 0 aliphatic heterocycles. The molecule has 0 aliphatic carbocycles. The van der Waals surface area contributed by atoms with Crippen LogP contribution in [0.25, 0.3) is 0 Å². The van der Waals surface area contributed by atoms with Gasteiger partial charge in [0.15, 0.2) is 0 Å². The molecule has 0 radical (unpaired) electrons. The van der Waals surface area contributed by atoms with Crippen molar-refractivity contribution in [2.24, 2.45) is 5.92 Å². The van der Waals surface area contributed by atoms with Crippen molar-refractivity contribution in [3.05, 3.63) is 29.8 Å². The molecule has 4 heteroatoms. The number of carbonyl (C=O) groups excluding carboxylic acids is 1. The van der Waals surface area contributed by atoms with E-state index >= 15 is 0 Å². The summed E-state index contributed by atoms with van der Waals surface area (Å²) in [6, 6.07) is 7.19. The second kappa shape index (κ2) is 8.30. The Balaban J connectivity index is 2.51. The number of methoxy groups -OCH3 is 1. The molecule has 0 bridgehead atoms. The fourth-order valence-electron chi connectivity index (χ4n) is 1.65. The molecule has 102 valence electrons. The highest BCUT2D eigenvalue weighted by atomic mass is 16.5. The maximum Gasteiger partial charge on any atom is 0.224 e. The van der Waals surface area contributed by atoms with Gasteiger partial charge in [0.05, 0.1) is 0 Å². The number of ether oxygens (including phenoxy) is 1. The summed E-state index contributed by atoms with van der Waals surface area (Å²) in [6.07, 6.45) is 0.430. The van der Waals surface area contributed by atoms with E-state index in [0.717, 1.165) is 11.3 Å². The Kier molecular flexibility index (Phi) is 6.65. The highest BCUT2D eigenvalue weighted by Crippen LogP contribution is 2.11. The normalized spacial score (nSPS) is 11.3. The third-order valence-corrected chi connectivity index (χ3v) is 2.47. The van der Waals surface area contributed by atoms with Gasteiger partial charge in [0.1, 0.15) is 6.61 Å². The zero-order valence-corrected chi connectivity index (χ0v) is 11.3. The summed E-state index contributed by atoms with van der Waals surface area (Å²) in [5.74, 6) is 5.53. The first-order valence-corrected chi connectivity index (χ1v) is 6.14. The van der Waals surface area contributed by atoms with E-state index in [1.165, 1.54) is 0 Å². The van der Waals surface area contributed by atoms with Gasteiger partial charge in [-0.05, 0) is 30.2 Å². The minimum Gasteiger partial charge on any atom is -0.384 e. The third kappa shape index (κ3) is 6.05. The van der Waals surface area contributed by atoms with Gasteiger partial charge in [-0.25, -0.2) is 0 Å². The molecule has 0 heterocycles. The van der Waals surface area contributed by atoms with Crippen LogP contribution in [0.3, 0.4) is 0 Å².